The van der Waals surface area contributed by atoms with Crippen molar-refractivity contribution in [2.45, 2.75) is 4.90 Å². The van der Waals surface area contributed by atoms with Crippen molar-refractivity contribution in [3.63, 3.8) is 0 Å². The van der Waals surface area contributed by atoms with Crippen molar-refractivity contribution in [2.75, 3.05) is 7.11 Å². The molecule has 0 unspecified atom stereocenters. The number of hydrogen-bond donors (Lipinski definition) is 2. The highest BCUT2D eigenvalue weighted by molar-refractivity contribution is 7.85. The van der Waals surface area contributed by atoms with Gasteiger partial charge in [-0.25, -0.2) is 4.79 Å². The second-order valence-corrected chi connectivity index (χ2v) is 5.27. The lowest BCUT2D eigenvalue weighted by atomic mass is 10.1. The van der Waals surface area contributed by atoms with E-state index in [-0.39, 0.29) is 16.2 Å². The third-order valence-electron chi connectivity index (χ3n) is 2.63. The Bertz CT molecular complexity index is 763. The molecule has 100 valence electrons. The Kier molecular flexibility index (Phi) is 3.17. The van der Waals surface area contributed by atoms with Gasteiger partial charge in [0.25, 0.3) is 10.1 Å². The molecule has 0 heterocycles. The van der Waals surface area contributed by atoms with Crippen molar-refractivity contribution in [1.82, 2.24) is 0 Å². The number of aromatic hydroxyl groups is 1. The number of methoxy groups -OCH3 is 1. The van der Waals surface area contributed by atoms with E-state index in [1.165, 1.54) is 37.4 Å². The topological polar surface area (TPSA) is 101 Å². The fraction of sp³-hybridized carbons (Fsp3) is 0.0833. The first-order chi connectivity index (χ1) is 8.82. The fourth-order valence-electron chi connectivity index (χ4n) is 1.70. The van der Waals surface area contributed by atoms with Crippen molar-refractivity contribution in [3.8, 4) is 5.75 Å². The van der Waals surface area contributed by atoms with Crippen molar-refractivity contribution < 1.29 is 27.6 Å². The molecule has 0 fully saturated rings. The van der Waals surface area contributed by atoms with Gasteiger partial charge in [-0.05, 0) is 35.0 Å². The molecule has 6 nitrogen and oxygen atoms in total. The van der Waals surface area contributed by atoms with Crippen LogP contribution in [0.4, 0.5) is 0 Å². The first-order valence-electron chi connectivity index (χ1n) is 5.15. The lowest BCUT2D eigenvalue weighted by molar-refractivity contribution is 0.0597. The van der Waals surface area contributed by atoms with Gasteiger partial charge >= 0.3 is 5.97 Å². The van der Waals surface area contributed by atoms with E-state index in [2.05, 4.69) is 4.74 Å². The second kappa shape index (κ2) is 4.52. The number of phenols is 1. The Morgan fingerprint density at radius 3 is 2.42 bits per heavy atom. The number of rotatable bonds is 2. The Labute approximate surface area is 109 Å². The first kappa shape index (κ1) is 13.3. The normalized spacial score (nSPS) is 11.5. The van der Waals surface area contributed by atoms with Crippen molar-refractivity contribution >= 4 is 26.9 Å². The highest BCUT2D eigenvalue weighted by atomic mass is 32.2. The summed E-state index contributed by atoms with van der Waals surface area (Å²) in [7, 11) is -3.15. The van der Waals surface area contributed by atoms with Crippen LogP contribution in [0.5, 0.6) is 5.75 Å². The van der Waals surface area contributed by atoms with Crippen molar-refractivity contribution in [1.29, 1.82) is 0 Å². The predicted molar refractivity (Wildman–Crippen MR) is 66.8 cm³/mol. The number of hydrogen-bond acceptors (Lipinski definition) is 5. The van der Waals surface area contributed by atoms with Gasteiger partial charge in [-0.15, -0.1) is 0 Å². The summed E-state index contributed by atoms with van der Waals surface area (Å²) >= 11 is 0. The summed E-state index contributed by atoms with van der Waals surface area (Å²) in [5.74, 6) is -1.00. The van der Waals surface area contributed by atoms with Crippen molar-refractivity contribution in [3.05, 3.63) is 35.9 Å². The average Bonchev–Trinajstić information content (AvgIpc) is 2.35. The van der Waals surface area contributed by atoms with Gasteiger partial charge in [0.05, 0.1) is 12.0 Å². The zero-order valence-corrected chi connectivity index (χ0v) is 10.6. The predicted octanol–water partition coefficient (Wildman–Crippen LogP) is 1.58. The smallest absolute Gasteiger partial charge is 0.341 e. The molecule has 0 saturated carbocycles. The zero-order valence-electron chi connectivity index (χ0n) is 9.82. The van der Waals surface area contributed by atoms with Crippen LogP contribution in [0.3, 0.4) is 0 Å². The van der Waals surface area contributed by atoms with Gasteiger partial charge in [0.2, 0.25) is 0 Å². The summed E-state index contributed by atoms with van der Waals surface area (Å²) in [4.78, 5) is 11.1. The number of phenolic OH excluding ortho intramolecular Hbond substituents is 1. The van der Waals surface area contributed by atoms with E-state index in [1.54, 1.807) is 0 Å². The number of carbonyl (C=O) groups is 1. The van der Waals surface area contributed by atoms with Crippen molar-refractivity contribution in [2.24, 2.45) is 0 Å². The van der Waals surface area contributed by atoms with Crippen LogP contribution in [0.1, 0.15) is 10.4 Å². The first-order valence-corrected chi connectivity index (χ1v) is 6.59. The highest BCUT2D eigenvalue weighted by Crippen LogP contribution is 2.27. The molecule has 19 heavy (non-hydrogen) atoms. The van der Waals surface area contributed by atoms with E-state index in [0.717, 1.165) is 0 Å². The lowest BCUT2D eigenvalue weighted by Crippen LogP contribution is -2.02. The minimum atomic E-state index is -4.32. The molecule has 0 amide bonds. The van der Waals surface area contributed by atoms with E-state index in [9.17, 15) is 18.3 Å². The van der Waals surface area contributed by atoms with Crippen LogP contribution < -0.4 is 0 Å². The van der Waals surface area contributed by atoms with Crippen LogP contribution in [0.25, 0.3) is 10.8 Å². The summed E-state index contributed by atoms with van der Waals surface area (Å²) in [5, 5.41) is 10.6. The summed E-state index contributed by atoms with van der Waals surface area (Å²) in [6.07, 6.45) is 0. The van der Waals surface area contributed by atoms with Gasteiger partial charge in [0, 0.05) is 0 Å². The summed E-state index contributed by atoms with van der Waals surface area (Å²) in [6.45, 7) is 0. The standard InChI is InChI=1S/C12H10O6S/c1-18-12(14)10-5-8-4-9(19(15,16)17)3-2-7(8)6-11(10)13/h2-6,13H,1H3,(H,15,16,17). The number of fused-ring (bicyclic) bond motifs is 1. The van der Waals surface area contributed by atoms with Crippen LogP contribution in [-0.2, 0) is 14.9 Å². The van der Waals surface area contributed by atoms with E-state index < -0.39 is 16.1 Å². The van der Waals surface area contributed by atoms with E-state index in [4.69, 9.17) is 4.55 Å². The van der Waals surface area contributed by atoms with Gasteiger partial charge < -0.3 is 9.84 Å². The third kappa shape index (κ3) is 2.51. The zero-order chi connectivity index (χ0) is 14.2. The maximum Gasteiger partial charge on any atom is 0.341 e. The molecule has 0 radical (unpaired) electrons. The van der Waals surface area contributed by atoms with Crippen LogP contribution in [-0.4, -0.2) is 31.2 Å². The van der Waals surface area contributed by atoms with Crippen LogP contribution in [0.2, 0.25) is 0 Å². The third-order valence-corrected chi connectivity index (χ3v) is 3.48. The van der Waals surface area contributed by atoms with Gasteiger partial charge in [-0.2, -0.15) is 8.42 Å². The monoisotopic (exact) mass is 282 g/mol. The van der Waals surface area contributed by atoms with E-state index >= 15 is 0 Å². The van der Waals surface area contributed by atoms with Gasteiger partial charge in [0.1, 0.15) is 11.3 Å². The number of esters is 1. The lowest BCUT2D eigenvalue weighted by Gasteiger charge is -2.06. The largest absolute Gasteiger partial charge is 0.507 e. The molecule has 2 N–H and O–H groups in total. The second-order valence-electron chi connectivity index (χ2n) is 3.84. The quantitative estimate of drug-likeness (QED) is 0.640. The molecule has 2 aromatic rings. The molecule has 0 atom stereocenters. The molecule has 2 aromatic carbocycles. The maximum atomic E-state index is 11.4. The molecule has 2 rings (SSSR count). The molecule has 0 aliphatic rings. The molecule has 0 aliphatic carbocycles. The number of carbonyl (C=O) groups excluding carboxylic acids is 1. The molecule has 0 aromatic heterocycles. The minimum absolute atomic E-state index is 0.0810. The van der Waals surface area contributed by atoms with Gasteiger partial charge in [0.15, 0.2) is 0 Å². The molecule has 0 bridgehead atoms. The molecule has 7 heteroatoms. The fourth-order valence-corrected chi connectivity index (χ4v) is 2.21. The van der Waals surface area contributed by atoms with Crippen LogP contribution >= 0.6 is 0 Å². The Morgan fingerprint density at radius 2 is 1.84 bits per heavy atom. The molecular weight excluding hydrogens is 272 g/mol. The van der Waals surface area contributed by atoms with Gasteiger partial charge in [-0.1, -0.05) is 6.07 Å². The molecule has 0 saturated heterocycles. The molecular formula is C12H10O6S. The highest BCUT2D eigenvalue weighted by Gasteiger charge is 2.15. The van der Waals surface area contributed by atoms with Crippen LogP contribution in [0.15, 0.2) is 35.2 Å². The average molecular weight is 282 g/mol. The minimum Gasteiger partial charge on any atom is -0.507 e. The Hall–Kier alpha value is -2.12. The van der Waals surface area contributed by atoms with Crippen LogP contribution in [0, 0.1) is 0 Å². The molecule has 0 spiro atoms. The number of benzene rings is 2. The van der Waals surface area contributed by atoms with E-state index in [1.807, 2.05) is 0 Å². The SMILES string of the molecule is COC(=O)c1cc2cc(S(=O)(=O)O)ccc2cc1O. The summed E-state index contributed by atoms with van der Waals surface area (Å²) in [5.41, 5.74) is -0.0810. The Balaban J connectivity index is 2.72. The van der Waals surface area contributed by atoms with Gasteiger partial charge in [-0.3, -0.25) is 4.55 Å². The number of ether oxygens (including phenoxy) is 1. The Morgan fingerprint density at radius 1 is 1.16 bits per heavy atom. The van der Waals surface area contributed by atoms with E-state index in [0.29, 0.717) is 10.8 Å². The summed E-state index contributed by atoms with van der Waals surface area (Å²) in [6, 6.07) is 6.44. The maximum absolute atomic E-state index is 11.4. The molecule has 0 aliphatic heterocycles. The summed E-state index contributed by atoms with van der Waals surface area (Å²) < 4.78 is 35.5.